The Morgan fingerprint density at radius 2 is 1.56 bits per heavy atom. The third-order valence-corrected chi connectivity index (χ3v) is 4.86. The third-order valence-electron chi connectivity index (χ3n) is 4.86. The lowest BCUT2D eigenvalue weighted by Gasteiger charge is -2.20. The maximum absolute atomic E-state index is 11.7. The van der Waals surface area contributed by atoms with Crippen molar-refractivity contribution in [1.82, 2.24) is 4.90 Å². The van der Waals surface area contributed by atoms with E-state index in [2.05, 4.69) is 74.3 Å². The molecule has 0 spiro atoms. The zero-order valence-corrected chi connectivity index (χ0v) is 15.8. The molecule has 0 aromatic heterocycles. The summed E-state index contributed by atoms with van der Waals surface area (Å²) >= 11 is 0. The minimum Gasteiger partial charge on any atom is -0.306 e. The second-order valence-corrected chi connectivity index (χ2v) is 7.21. The van der Waals surface area contributed by atoms with E-state index < -0.39 is 0 Å². The lowest BCUT2D eigenvalue weighted by Crippen LogP contribution is -2.23. The number of aldehydes is 1. The van der Waals surface area contributed by atoms with E-state index in [1.807, 2.05) is 6.07 Å². The van der Waals surface area contributed by atoms with Crippen molar-refractivity contribution in [2.75, 3.05) is 20.1 Å². The van der Waals surface area contributed by atoms with Gasteiger partial charge in [0.25, 0.3) is 0 Å². The molecule has 25 heavy (non-hydrogen) atoms. The highest BCUT2D eigenvalue weighted by molar-refractivity contribution is 5.63. The van der Waals surface area contributed by atoms with Gasteiger partial charge in [0.15, 0.2) is 0 Å². The molecule has 0 N–H and O–H groups in total. The van der Waals surface area contributed by atoms with Crippen LogP contribution in [-0.4, -0.2) is 31.3 Å². The van der Waals surface area contributed by atoms with Crippen molar-refractivity contribution in [2.24, 2.45) is 0 Å². The van der Waals surface area contributed by atoms with Crippen LogP contribution < -0.4 is 0 Å². The summed E-state index contributed by atoms with van der Waals surface area (Å²) < 4.78 is 0. The second-order valence-electron chi connectivity index (χ2n) is 7.21. The minimum atomic E-state index is 0.0149. The van der Waals surface area contributed by atoms with Crippen molar-refractivity contribution in [1.29, 1.82) is 0 Å². The van der Waals surface area contributed by atoms with E-state index >= 15 is 0 Å². The molecule has 1 atom stereocenters. The van der Waals surface area contributed by atoms with E-state index in [0.29, 0.717) is 5.92 Å². The molecule has 0 radical (unpaired) electrons. The van der Waals surface area contributed by atoms with Crippen LogP contribution in [0.5, 0.6) is 0 Å². The Balaban J connectivity index is 1.82. The number of hydrogen-bond donors (Lipinski definition) is 0. The van der Waals surface area contributed by atoms with Crippen molar-refractivity contribution in [3.05, 3.63) is 71.3 Å². The average Bonchev–Trinajstić information content (AvgIpc) is 2.64. The van der Waals surface area contributed by atoms with Crippen LogP contribution >= 0.6 is 0 Å². The van der Waals surface area contributed by atoms with Crippen LogP contribution in [0.4, 0.5) is 0 Å². The average molecular weight is 338 g/mol. The van der Waals surface area contributed by atoms with Crippen molar-refractivity contribution in [3.63, 3.8) is 0 Å². The van der Waals surface area contributed by atoms with Crippen LogP contribution in [0, 0.1) is 0 Å². The number of nitrogens with zero attached hydrogens (tertiary/aromatic N) is 1. The van der Waals surface area contributed by atoms with Gasteiger partial charge in [-0.2, -0.15) is 0 Å². The van der Waals surface area contributed by atoms with Gasteiger partial charge in [0.1, 0.15) is 6.29 Å². The Labute approximate surface area is 152 Å². The summed E-state index contributed by atoms with van der Waals surface area (Å²) in [6.45, 7) is 6.47. The summed E-state index contributed by atoms with van der Waals surface area (Å²) in [4.78, 5) is 14.0. The summed E-state index contributed by atoms with van der Waals surface area (Å²) in [7, 11) is 2.17. The summed E-state index contributed by atoms with van der Waals surface area (Å²) in [6.07, 6.45) is 4.17. The molecule has 2 nitrogen and oxygen atoms in total. The fourth-order valence-electron chi connectivity index (χ4n) is 3.33. The Bertz CT molecular complexity index is 636. The quantitative estimate of drug-likeness (QED) is 0.566. The predicted octanol–water partition coefficient (Wildman–Crippen LogP) is 5.05. The highest BCUT2D eigenvalue weighted by Crippen LogP contribution is 2.28. The monoisotopic (exact) mass is 337 g/mol. The number of rotatable bonds is 10. The summed E-state index contributed by atoms with van der Waals surface area (Å²) in [5, 5.41) is 0. The molecule has 0 saturated heterocycles. The smallest absolute Gasteiger partial charge is 0.127 e. The van der Waals surface area contributed by atoms with E-state index in [4.69, 9.17) is 0 Å². The molecule has 2 rings (SSSR count). The van der Waals surface area contributed by atoms with Gasteiger partial charge in [-0.1, -0.05) is 68.4 Å². The van der Waals surface area contributed by atoms with Gasteiger partial charge < -0.3 is 9.69 Å². The first-order valence-electron chi connectivity index (χ1n) is 9.38. The van der Waals surface area contributed by atoms with Crippen LogP contribution in [-0.2, 0) is 11.2 Å². The first-order valence-corrected chi connectivity index (χ1v) is 9.38. The molecule has 0 bridgehead atoms. The van der Waals surface area contributed by atoms with Crippen molar-refractivity contribution < 1.29 is 4.79 Å². The first-order chi connectivity index (χ1) is 12.1. The number of carbonyl (C=O) groups excluding carboxylic acids is 1. The normalized spacial score (nSPS) is 12.5. The molecule has 0 amide bonds. The van der Waals surface area contributed by atoms with E-state index in [1.165, 1.54) is 16.7 Å². The molecule has 0 aliphatic heterocycles. The van der Waals surface area contributed by atoms with Gasteiger partial charge in [0.2, 0.25) is 0 Å². The van der Waals surface area contributed by atoms with E-state index in [1.54, 1.807) is 0 Å². The fraction of sp³-hybridized carbons (Fsp3) is 0.435. The fourth-order valence-corrected chi connectivity index (χ4v) is 3.33. The standard InChI is InChI=1S/C23H31NO/c1-19(2)22-13-7-8-14-23(22)21(18-25)12-9-16-24(3)17-15-20-10-5-4-6-11-20/h4-8,10-11,13-14,18-19,21H,9,12,15-17H2,1-3H3/t21-/m0/s1. The van der Waals surface area contributed by atoms with Gasteiger partial charge in [-0.15, -0.1) is 0 Å². The van der Waals surface area contributed by atoms with Gasteiger partial charge in [0, 0.05) is 12.5 Å². The molecule has 0 unspecified atom stereocenters. The summed E-state index contributed by atoms with van der Waals surface area (Å²) in [6, 6.07) is 19.0. The predicted molar refractivity (Wildman–Crippen MR) is 106 cm³/mol. The Morgan fingerprint density at radius 3 is 2.20 bits per heavy atom. The highest BCUT2D eigenvalue weighted by atomic mass is 16.1. The largest absolute Gasteiger partial charge is 0.306 e. The van der Waals surface area contributed by atoms with Gasteiger partial charge >= 0.3 is 0 Å². The lowest BCUT2D eigenvalue weighted by atomic mass is 9.87. The summed E-state index contributed by atoms with van der Waals surface area (Å²) in [5.74, 6) is 0.466. The SMILES string of the molecule is CC(C)c1ccccc1[C@H](C=O)CCCN(C)CCc1ccccc1. The van der Waals surface area contributed by atoms with Crippen molar-refractivity contribution >= 4 is 6.29 Å². The molecular weight excluding hydrogens is 306 g/mol. The van der Waals surface area contributed by atoms with Crippen LogP contribution in [0.2, 0.25) is 0 Å². The first kappa shape index (κ1) is 19.4. The number of hydrogen-bond acceptors (Lipinski definition) is 2. The second kappa shape index (κ2) is 10.1. The molecule has 2 heteroatoms. The van der Waals surface area contributed by atoms with Crippen molar-refractivity contribution in [2.45, 2.75) is 44.9 Å². The van der Waals surface area contributed by atoms with Crippen LogP contribution in [0.25, 0.3) is 0 Å². The van der Waals surface area contributed by atoms with Crippen LogP contribution in [0.15, 0.2) is 54.6 Å². The lowest BCUT2D eigenvalue weighted by molar-refractivity contribution is -0.109. The maximum Gasteiger partial charge on any atom is 0.127 e. The molecule has 0 saturated carbocycles. The maximum atomic E-state index is 11.7. The van der Waals surface area contributed by atoms with Gasteiger partial charge in [0.05, 0.1) is 0 Å². The Hall–Kier alpha value is -1.93. The third kappa shape index (κ3) is 6.13. The van der Waals surface area contributed by atoms with Gasteiger partial charge in [-0.25, -0.2) is 0 Å². The van der Waals surface area contributed by atoms with Crippen LogP contribution in [0.1, 0.15) is 55.2 Å². The molecule has 0 heterocycles. The van der Waals surface area contributed by atoms with E-state index in [0.717, 1.165) is 38.6 Å². The molecule has 0 aliphatic rings. The molecular formula is C23H31NO. The Kier molecular flexibility index (Phi) is 7.87. The number of likely N-dealkylation sites (N-methyl/N-ethyl adjacent to an activating group) is 1. The summed E-state index contributed by atoms with van der Waals surface area (Å²) in [5.41, 5.74) is 3.89. The highest BCUT2D eigenvalue weighted by Gasteiger charge is 2.16. The molecule has 2 aromatic rings. The topological polar surface area (TPSA) is 20.3 Å². The van der Waals surface area contributed by atoms with E-state index in [-0.39, 0.29) is 5.92 Å². The Morgan fingerprint density at radius 1 is 0.920 bits per heavy atom. The molecule has 2 aromatic carbocycles. The van der Waals surface area contributed by atoms with Crippen LogP contribution in [0.3, 0.4) is 0 Å². The molecule has 134 valence electrons. The van der Waals surface area contributed by atoms with Crippen molar-refractivity contribution in [3.8, 4) is 0 Å². The van der Waals surface area contributed by atoms with E-state index in [9.17, 15) is 4.79 Å². The number of carbonyl (C=O) groups is 1. The molecule has 0 aliphatic carbocycles. The zero-order valence-electron chi connectivity index (χ0n) is 15.8. The minimum absolute atomic E-state index is 0.0149. The van der Waals surface area contributed by atoms with Gasteiger partial charge in [-0.3, -0.25) is 0 Å². The number of benzene rings is 2. The van der Waals surface area contributed by atoms with Gasteiger partial charge in [-0.05, 0) is 55.5 Å². The zero-order chi connectivity index (χ0) is 18.1. The molecule has 0 fully saturated rings.